The van der Waals surface area contributed by atoms with E-state index in [4.69, 9.17) is 0 Å². The summed E-state index contributed by atoms with van der Waals surface area (Å²) >= 11 is 0. The fraction of sp³-hybridized carbons (Fsp3) is 0.200. The molecule has 0 radical (unpaired) electrons. The van der Waals surface area contributed by atoms with Gasteiger partial charge in [-0.1, -0.05) is 18.2 Å². The van der Waals surface area contributed by atoms with E-state index in [-0.39, 0.29) is 11.7 Å². The Bertz CT molecular complexity index is 609. The van der Waals surface area contributed by atoms with Crippen molar-refractivity contribution in [1.82, 2.24) is 4.98 Å². The number of carbonyl (C=O) groups excluding carboxylic acids is 1. The van der Waals surface area contributed by atoms with Crippen molar-refractivity contribution < 1.29 is 9.18 Å². The molecule has 1 aliphatic rings. The van der Waals surface area contributed by atoms with E-state index in [1.165, 1.54) is 6.07 Å². The van der Waals surface area contributed by atoms with Crippen LogP contribution in [0.4, 0.5) is 10.1 Å². The minimum absolute atomic E-state index is 0.161. The van der Waals surface area contributed by atoms with Crippen LogP contribution in [-0.2, 0) is 10.2 Å². The van der Waals surface area contributed by atoms with Crippen molar-refractivity contribution in [1.29, 1.82) is 0 Å². The molecule has 0 atom stereocenters. The predicted octanol–water partition coefficient (Wildman–Crippen LogP) is 2.89. The molecule has 1 aliphatic carbocycles. The van der Waals surface area contributed by atoms with Crippen LogP contribution < -0.4 is 5.32 Å². The van der Waals surface area contributed by atoms with Gasteiger partial charge in [-0.05, 0) is 31.0 Å². The molecule has 0 saturated heterocycles. The van der Waals surface area contributed by atoms with Gasteiger partial charge < -0.3 is 5.32 Å². The van der Waals surface area contributed by atoms with E-state index in [1.54, 1.807) is 42.7 Å². The molecule has 3 nitrogen and oxygen atoms in total. The average Bonchev–Trinajstić information content (AvgIpc) is 3.22. The highest BCUT2D eigenvalue weighted by molar-refractivity contribution is 6.01. The molecule has 1 N–H and O–H groups in total. The topological polar surface area (TPSA) is 42.0 Å². The van der Waals surface area contributed by atoms with Crippen molar-refractivity contribution in [2.45, 2.75) is 18.3 Å². The maximum Gasteiger partial charge on any atom is 0.235 e. The number of hydrogen-bond donors (Lipinski definition) is 1. The number of pyridine rings is 1. The van der Waals surface area contributed by atoms with Gasteiger partial charge in [0, 0.05) is 11.8 Å². The lowest BCUT2D eigenvalue weighted by Crippen LogP contribution is -2.28. The third-order valence-corrected chi connectivity index (χ3v) is 3.49. The van der Waals surface area contributed by atoms with E-state index in [9.17, 15) is 9.18 Å². The zero-order valence-electron chi connectivity index (χ0n) is 10.3. The summed E-state index contributed by atoms with van der Waals surface area (Å²) in [7, 11) is 0. The first-order chi connectivity index (χ1) is 9.22. The van der Waals surface area contributed by atoms with Crippen LogP contribution in [0.15, 0.2) is 48.8 Å². The molecule has 0 spiro atoms. The SMILES string of the molecule is O=C(Nc1cccnc1)C1(c2ccccc2F)CC1. The highest BCUT2D eigenvalue weighted by Crippen LogP contribution is 2.49. The molecule has 1 aromatic carbocycles. The molecule has 0 aliphatic heterocycles. The third-order valence-electron chi connectivity index (χ3n) is 3.49. The summed E-state index contributed by atoms with van der Waals surface area (Å²) in [5.74, 6) is -0.480. The molecule has 2 aromatic rings. The summed E-state index contributed by atoms with van der Waals surface area (Å²) < 4.78 is 13.8. The summed E-state index contributed by atoms with van der Waals surface area (Å²) in [5, 5.41) is 2.80. The Labute approximate surface area is 110 Å². The number of amides is 1. The first kappa shape index (κ1) is 11.8. The highest BCUT2D eigenvalue weighted by atomic mass is 19.1. The van der Waals surface area contributed by atoms with Gasteiger partial charge in [0.15, 0.2) is 0 Å². The molecule has 96 valence electrons. The second kappa shape index (κ2) is 4.46. The van der Waals surface area contributed by atoms with Gasteiger partial charge in [0.1, 0.15) is 5.82 Å². The van der Waals surface area contributed by atoms with Gasteiger partial charge in [0.25, 0.3) is 0 Å². The Morgan fingerprint density at radius 1 is 1.21 bits per heavy atom. The van der Waals surface area contributed by atoms with Gasteiger partial charge >= 0.3 is 0 Å². The van der Waals surface area contributed by atoms with Crippen LogP contribution in [-0.4, -0.2) is 10.9 Å². The van der Waals surface area contributed by atoms with Crippen LogP contribution in [0.1, 0.15) is 18.4 Å². The van der Waals surface area contributed by atoms with Crippen molar-refractivity contribution in [2.75, 3.05) is 5.32 Å². The molecule has 0 bridgehead atoms. The quantitative estimate of drug-likeness (QED) is 0.917. The lowest BCUT2D eigenvalue weighted by atomic mass is 9.94. The van der Waals surface area contributed by atoms with Crippen molar-refractivity contribution in [3.8, 4) is 0 Å². The molecular weight excluding hydrogens is 243 g/mol. The van der Waals surface area contributed by atoms with Crippen LogP contribution in [0.25, 0.3) is 0 Å². The summed E-state index contributed by atoms with van der Waals surface area (Å²) in [6, 6.07) is 9.99. The number of carbonyl (C=O) groups is 1. The second-order valence-electron chi connectivity index (χ2n) is 4.76. The normalized spacial score (nSPS) is 15.8. The van der Waals surface area contributed by atoms with Crippen molar-refractivity contribution in [3.63, 3.8) is 0 Å². The largest absolute Gasteiger partial charge is 0.324 e. The lowest BCUT2D eigenvalue weighted by Gasteiger charge is -2.16. The van der Waals surface area contributed by atoms with E-state index in [0.29, 0.717) is 24.1 Å². The Morgan fingerprint density at radius 3 is 2.63 bits per heavy atom. The van der Waals surface area contributed by atoms with Gasteiger partial charge in [0.05, 0.1) is 17.3 Å². The van der Waals surface area contributed by atoms with E-state index in [2.05, 4.69) is 10.3 Å². The fourth-order valence-corrected chi connectivity index (χ4v) is 2.28. The summed E-state index contributed by atoms with van der Waals surface area (Å²) in [4.78, 5) is 16.3. The van der Waals surface area contributed by atoms with Gasteiger partial charge in [0.2, 0.25) is 5.91 Å². The molecule has 1 amide bonds. The Balaban J connectivity index is 1.86. The van der Waals surface area contributed by atoms with E-state index in [1.807, 2.05) is 0 Å². The third kappa shape index (κ3) is 2.10. The summed E-state index contributed by atoms with van der Waals surface area (Å²) in [6.07, 6.45) is 4.58. The Hall–Kier alpha value is -2.23. The molecule has 1 aromatic heterocycles. The minimum Gasteiger partial charge on any atom is -0.324 e. The number of nitrogens with zero attached hydrogens (tertiary/aromatic N) is 1. The van der Waals surface area contributed by atoms with Crippen LogP contribution in [0, 0.1) is 5.82 Å². The summed E-state index contributed by atoms with van der Waals surface area (Å²) in [5.41, 5.74) is 0.410. The van der Waals surface area contributed by atoms with Crippen molar-refractivity contribution >= 4 is 11.6 Å². The van der Waals surface area contributed by atoms with E-state index in [0.717, 1.165) is 0 Å². The molecule has 1 heterocycles. The molecule has 0 unspecified atom stereocenters. The van der Waals surface area contributed by atoms with Crippen LogP contribution in [0.5, 0.6) is 0 Å². The Morgan fingerprint density at radius 2 is 2.00 bits per heavy atom. The van der Waals surface area contributed by atoms with Gasteiger partial charge in [-0.2, -0.15) is 0 Å². The van der Waals surface area contributed by atoms with Gasteiger partial charge in [-0.3, -0.25) is 9.78 Å². The van der Waals surface area contributed by atoms with Gasteiger partial charge in [-0.25, -0.2) is 4.39 Å². The van der Waals surface area contributed by atoms with Crippen LogP contribution >= 0.6 is 0 Å². The van der Waals surface area contributed by atoms with E-state index < -0.39 is 5.41 Å². The summed E-state index contributed by atoms with van der Waals surface area (Å²) in [6.45, 7) is 0. The zero-order chi connectivity index (χ0) is 13.3. The zero-order valence-corrected chi connectivity index (χ0v) is 10.3. The van der Waals surface area contributed by atoms with E-state index >= 15 is 0 Å². The maximum absolute atomic E-state index is 13.8. The smallest absolute Gasteiger partial charge is 0.235 e. The molecule has 4 heteroatoms. The average molecular weight is 256 g/mol. The standard InChI is InChI=1S/C15H13FN2O/c16-13-6-2-1-5-12(13)15(7-8-15)14(19)18-11-4-3-9-17-10-11/h1-6,9-10H,7-8H2,(H,18,19). The maximum atomic E-state index is 13.8. The Kier molecular flexibility index (Phi) is 2.78. The first-order valence-electron chi connectivity index (χ1n) is 6.19. The predicted molar refractivity (Wildman–Crippen MR) is 70.2 cm³/mol. The van der Waals surface area contributed by atoms with Gasteiger partial charge in [-0.15, -0.1) is 0 Å². The molecule has 19 heavy (non-hydrogen) atoms. The molecule has 1 saturated carbocycles. The number of nitrogens with one attached hydrogen (secondary N) is 1. The first-order valence-corrected chi connectivity index (χ1v) is 6.19. The van der Waals surface area contributed by atoms with Crippen molar-refractivity contribution in [3.05, 3.63) is 60.2 Å². The van der Waals surface area contributed by atoms with Crippen LogP contribution in [0.2, 0.25) is 0 Å². The lowest BCUT2D eigenvalue weighted by molar-refractivity contribution is -0.118. The number of hydrogen-bond acceptors (Lipinski definition) is 2. The minimum atomic E-state index is -0.707. The second-order valence-corrected chi connectivity index (χ2v) is 4.76. The number of rotatable bonds is 3. The van der Waals surface area contributed by atoms with Crippen LogP contribution in [0.3, 0.4) is 0 Å². The molecule has 1 fully saturated rings. The fourth-order valence-electron chi connectivity index (χ4n) is 2.28. The molecule has 3 rings (SSSR count). The molecular formula is C15H13FN2O. The van der Waals surface area contributed by atoms with Crippen molar-refractivity contribution in [2.24, 2.45) is 0 Å². The monoisotopic (exact) mass is 256 g/mol. The highest BCUT2D eigenvalue weighted by Gasteiger charge is 2.52. The number of anilines is 1. The number of benzene rings is 1. The number of aromatic nitrogens is 1. The number of halogens is 1.